The molecule has 1 aliphatic heterocycles. The lowest BCUT2D eigenvalue weighted by atomic mass is 10.2. The predicted molar refractivity (Wildman–Crippen MR) is 64.2 cm³/mol. The Morgan fingerprint density at radius 3 is 2.53 bits per heavy atom. The van der Waals surface area contributed by atoms with Crippen LogP contribution in [0.1, 0.15) is 12.8 Å². The van der Waals surface area contributed by atoms with Gasteiger partial charge >= 0.3 is 0 Å². The lowest BCUT2D eigenvalue weighted by Crippen LogP contribution is -2.38. The van der Waals surface area contributed by atoms with E-state index in [1.807, 2.05) is 0 Å². The van der Waals surface area contributed by atoms with E-state index in [0.29, 0.717) is 19.4 Å². The Bertz CT molecular complexity index is 515. The molecule has 4 nitrogen and oxygen atoms in total. The molecular formula is C11H12ClNO3S. The summed E-state index contributed by atoms with van der Waals surface area (Å²) in [5, 5.41) is -0.609. The highest BCUT2D eigenvalue weighted by molar-refractivity contribution is 7.89. The van der Waals surface area contributed by atoms with Gasteiger partial charge in [0.05, 0.1) is 10.9 Å². The largest absolute Gasteiger partial charge is 0.279 e. The fourth-order valence-corrected chi connectivity index (χ4v) is 3.94. The minimum absolute atomic E-state index is 0.199. The number of nitrogens with zero attached hydrogens (tertiary/aromatic N) is 1. The molecule has 1 fully saturated rings. The lowest BCUT2D eigenvalue weighted by Gasteiger charge is -2.21. The maximum atomic E-state index is 12.3. The zero-order chi connectivity index (χ0) is 12.5. The highest BCUT2D eigenvalue weighted by atomic mass is 35.5. The minimum atomic E-state index is -3.60. The van der Waals surface area contributed by atoms with Crippen molar-refractivity contribution in [2.75, 3.05) is 6.54 Å². The van der Waals surface area contributed by atoms with Gasteiger partial charge in [0.15, 0.2) is 0 Å². The smallest absolute Gasteiger partial charge is 0.243 e. The predicted octanol–water partition coefficient (Wildman–Crippen LogP) is 1.61. The fourth-order valence-electron chi connectivity index (χ4n) is 1.98. The second kappa shape index (κ2) is 4.76. The summed E-state index contributed by atoms with van der Waals surface area (Å²) in [6, 6.07) is 7.36. The normalized spacial score (nSPS) is 21.6. The highest BCUT2D eigenvalue weighted by Crippen LogP contribution is 2.27. The first-order valence-electron chi connectivity index (χ1n) is 5.30. The molecule has 92 valence electrons. The van der Waals surface area contributed by atoms with Crippen LogP contribution < -0.4 is 0 Å². The van der Waals surface area contributed by atoms with Crippen LogP contribution in [0.4, 0.5) is 0 Å². The van der Waals surface area contributed by atoms with Gasteiger partial charge in [-0.15, -0.1) is 0 Å². The number of hydrogen-bond donors (Lipinski definition) is 0. The van der Waals surface area contributed by atoms with Gasteiger partial charge < -0.3 is 0 Å². The fraction of sp³-hybridized carbons (Fsp3) is 0.364. The van der Waals surface area contributed by atoms with Crippen LogP contribution in [0.3, 0.4) is 0 Å². The van der Waals surface area contributed by atoms with Crippen molar-refractivity contribution in [2.24, 2.45) is 0 Å². The Balaban J connectivity index is 2.37. The molecule has 1 heterocycles. The van der Waals surface area contributed by atoms with E-state index in [2.05, 4.69) is 0 Å². The van der Waals surface area contributed by atoms with Crippen LogP contribution in [0.15, 0.2) is 35.2 Å². The molecule has 0 aliphatic carbocycles. The SMILES string of the molecule is O=C(Cl)[C@@H]1CCCN1S(=O)(=O)c1ccccc1. The quantitative estimate of drug-likeness (QED) is 0.786. The molecular weight excluding hydrogens is 262 g/mol. The van der Waals surface area contributed by atoms with Gasteiger partial charge in [-0.1, -0.05) is 18.2 Å². The second-order valence-electron chi connectivity index (χ2n) is 3.89. The standard InChI is InChI=1S/C11H12ClNO3S/c12-11(14)10-7-4-8-13(10)17(15,16)9-5-2-1-3-6-9/h1-3,5-6,10H,4,7-8H2/t10-/m0/s1. The number of sulfonamides is 1. The van der Waals surface area contributed by atoms with Crippen LogP contribution in [0, 0.1) is 0 Å². The van der Waals surface area contributed by atoms with E-state index >= 15 is 0 Å². The van der Waals surface area contributed by atoms with E-state index in [0.717, 1.165) is 0 Å². The number of carbonyl (C=O) groups excluding carboxylic acids is 1. The van der Waals surface area contributed by atoms with Crippen LogP contribution >= 0.6 is 11.6 Å². The van der Waals surface area contributed by atoms with Crippen molar-refractivity contribution in [1.82, 2.24) is 4.31 Å². The molecule has 2 rings (SSSR count). The molecule has 1 atom stereocenters. The topological polar surface area (TPSA) is 54.5 Å². The molecule has 0 spiro atoms. The number of benzene rings is 1. The van der Waals surface area contributed by atoms with Crippen molar-refractivity contribution < 1.29 is 13.2 Å². The molecule has 1 aromatic rings. The average Bonchev–Trinajstić information content (AvgIpc) is 2.80. The van der Waals surface area contributed by atoms with Crippen LogP contribution in [-0.4, -0.2) is 30.6 Å². The Labute approximate surface area is 105 Å². The van der Waals surface area contributed by atoms with Crippen LogP contribution in [0.25, 0.3) is 0 Å². The highest BCUT2D eigenvalue weighted by Gasteiger charge is 2.38. The number of carbonyl (C=O) groups is 1. The molecule has 0 unspecified atom stereocenters. The first kappa shape index (κ1) is 12.5. The zero-order valence-electron chi connectivity index (χ0n) is 9.04. The van der Waals surface area contributed by atoms with E-state index < -0.39 is 21.3 Å². The van der Waals surface area contributed by atoms with Gasteiger partial charge in [-0.05, 0) is 36.6 Å². The van der Waals surface area contributed by atoms with E-state index in [1.165, 1.54) is 16.4 Å². The van der Waals surface area contributed by atoms with E-state index in [-0.39, 0.29) is 4.90 Å². The van der Waals surface area contributed by atoms with Crippen molar-refractivity contribution in [2.45, 2.75) is 23.8 Å². The number of rotatable bonds is 3. The summed E-state index contributed by atoms with van der Waals surface area (Å²) in [7, 11) is -3.60. The van der Waals surface area contributed by atoms with Crippen LogP contribution in [0.5, 0.6) is 0 Å². The first-order valence-corrected chi connectivity index (χ1v) is 7.11. The lowest BCUT2D eigenvalue weighted by molar-refractivity contribution is -0.114. The third kappa shape index (κ3) is 2.36. The summed E-state index contributed by atoms with van der Waals surface area (Å²) < 4.78 is 25.7. The van der Waals surface area contributed by atoms with Gasteiger partial charge in [-0.2, -0.15) is 4.31 Å². The summed E-state index contributed by atoms with van der Waals surface area (Å²) >= 11 is 5.43. The Morgan fingerprint density at radius 1 is 1.29 bits per heavy atom. The zero-order valence-corrected chi connectivity index (χ0v) is 10.6. The summed E-state index contributed by atoms with van der Waals surface area (Å²) in [5.41, 5.74) is 0. The van der Waals surface area contributed by atoms with Crippen molar-refractivity contribution in [1.29, 1.82) is 0 Å². The average molecular weight is 274 g/mol. The van der Waals surface area contributed by atoms with E-state index in [9.17, 15) is 13.2 Å². The third-order valence-electron chi connectivity index (χ3n) is 2.82. The Morgan fingerprint density at radius 2 is 1.94 bits per heavy atom. The van der Waals surface area contributed by atoms with Gasteiger partial charge in [0, 0.05) is 6.54 Å². The summed E-state index contributed by atoms with van der Waals surface area (Å²) in [4.78, 5) is 11.4. The monoisotopic (exact) mass is 273 g/mol. The van der Waals surface area contributed by atoms with Gasteiger partial charge in [0.1, 0.15) is 0 Å². The summed E-state index contributed by atoms with van der Waals surface area (Å²) in [6.07, 6.45) is 1.16. The van der Waals surface area contributed by atoms with Crippen molar-refractivity contribution in [3.8, 4) is 0 Å². The molecule has 1 aromatic carbocycles. The van der Waals surface area contributed by atoms with E-state index in [1.54, 1.807) is 18.2 Å². The van der Waals surface area contributed by atoms with Crippen LogP contribution in [-0.2, 0) is 14.8 Å². The molecule has 0 bridgehead atoms. The second-order valence-corrected chi connectivity index (χ2v) is 6.15. The molecule has 1 saturated heterocycles. The maximum Gasteiger partial charge on any atom is 0.243 e. The van der Waals surface area contributed by atoms with Gasteiger partial charge in [0.25, 0.3) is 0 Å². The van der Waals surface area contributed by atoms with Crippen molar-refractivity contribution >= 4 is 26.9 Å². The van der Waals surface area contributed by atoms with Crippen molar-refractivity contribution in [3.05, 3.63) is 30.3 Å². The maximum absolute atomic E-state index is 12.3. The Kier molecular flexibility index (Phi) is 3.51. The molecule has 0 radical (unpaired) electrons. The number of halogens is 1. The van der Waals surface area contributed by atoms with Gasteiger partial charge in [0.2, 0.25) is 15.3 Å². The Hall–Kier alpha value is -0.910. The number of hydrogen-bond acceptors (Lipinski definition) is 3. The summed E-state index contributed by atoms with van der Waals surface area (Å²) in [6.45, 7) is 0.348. The van der Waals surface area contributed by atoms with Gasteiger partial charge in [-0.25, -0.2) is 8.42 Å². The molecule has 0 N–H and O–H groups in total. The first-order chi connectivity index (χ1) is 8.03. The van der Waals surface area contributed by atoms with Crippen LogP contribution in [0.2, 0.25) is 0 Å². The molecule has 1 aliphatic rings. The molecule has 0 amide bonds. The van der Waals surface area contributed by atoms with Gasteiger partial charge in [-0.3, -0.25) is 4.79 Å². The molecule has 6 heteroatoms. The molecule has 0 aromatic heterocycles. The summed E-state index contributed by atoms with van der Waals surface area (Å²) in [5.74, 6) is 0. The minimum Gasteiger partial charge on any atom is -0.279 e. The molecule has 17 heavy (non-hydrogen) atoms. The third-order valence-corrected chi connectivity index (χ3v) is 4.99. The van der Waals surface area contributed by atoms with E-state index in [4.69, 9.17) is 11.6 Å². The molecule has 0 saturated carbocycles. The van der Waals surface area contributed by atoms with Crippen molar-refractivity contribution in [3.63, 3.8) is 0 Å².